The maximum Gasteiger partial charge on any atom is 0.248 e. The van der Waals surface area contributed by atoms with Gasteiger partial charge >= 0.3 is 0 Å². The third-order valence-corrected chi connectivity index (χ3v) is 3.37. The van der Waals surface area contributed by atoms with Gasteiger partial charge in [0.05, 0.1) is 0 Å². The molecule has 2 rings (SSSR count). The zero-order chi connectivity index (χ0) is 14.5. The van der Waals surface area contributed by atoms with Crippen LogP contribution in [0.1, 0.15) is 22.3 Å². The van der Waals surface area contributed by atoms with Crippen molar-refractivity contribution in [3.05, 3.63) is 70.8 Å². The third-order valence-electron chi connectivity index (χ3n) is 3.37. The zero-order valence-electron chi connectivity index (χ0n) is 12.1. The first-order valence-electron chi connectivity index (χ1n) is 6.68. The van der Waals surface area contributed by atoms with E-state index in [4.69, 9.17) is 0 Å². The van der Waals surface area contributed by atoms with E-state index in [1.165, 1.54) is 11.1 Å². The standard InChI is InChI=1S/C18H19NO/c1-13-7-9-16(10-8-13)11-12-18(20)19-17-6-4-5-14(2)15(17)3/h4-12H,1-3H3,(H,19,20). The molecule has 0 saturated carbocycles. The van der Waals surface area contributed by atoms with Crippen molar-refractivity contribution in [3.63, 3.8) is 0 Å². The molecule has 0 bridgehead atoms. The number of aryl methyl sites for hydroxylation is 2. The van der Waals surface area contributed by atoms with E-state index >= 15 is 0 Å². The van der Waals surface area contributed by atoms with Gasteiger partial charge < -0.3 is 5.32 Å². The number of carbonyl (C=O) groups excluding carboxylic acids is 1. The number of rotatable bonds is 3. The van der Waals surface area contributed by atoms with Crippen LogP contribution in [0.25, 0.3) is 6.08 Å². The lowest BCUT2D eigenvalue weighted by molar-refractivity contribution is -0.111. The molecule has 0 fully saturated rings. The first-order chi connectivity index (χ1) is 9.56. The summed E-state index contributed by atoms with van der Waals surface area (Å²) in [6.07, 6.45) is 3.38. The van der Waals surface area contributed by atoms with Crippen molar-refractivity contribution >= 4 is 17.7 Å². The van der Waals surface area contributed by atoms with E-state index in [0.29, 0.717) is 0 Å². The summed E-state index contributed by atoms with van der Waals surface area (Å²) in [4.78, 5) is 11.9. The number of anilines is 1. The number of hydrogen-bond donors (Lipinski definition) is 1. The molecule has 1 N–H and O–H groups in total. The van der Waals surface area contributed by atoms with Gasteiger partial charge in [-0.05, 0) is 49.6 Å². The van der Waals surface area contributed by atoms with E-state index in [2.05, 4.69) is 5.32 Å². The van der Waals surface area contributed by atoms with Gasteiger partial charge in [0, 0.05) is 11.8 Å². The molecule has 0 heterocycles. The highest BCUT2D eigenvalue weighted by atomic mass is 16.1. The predicted octanol–water partition coefficient (Wildman–Crippen LogP) is 4.26. The number of nitrogens with one attached hydrogen (secondary N) is 1. The number of hydrogen-bond acceptors (Lipinski definition) is 1. The average Bonchev–Trinajstić information content (AvgIpc) is 2.43. The fraction of sp³-hybridized carbons (Fsp3) is 0.167. The maximum atomic E-state index is 11.9. The summed E-state index contributed by atoms with van der Waals surface area (Å²) >= 11 is 0. The van der Waals surface area contributed by atoms with Crippen LogP contribution < -0.4 is 5.32 Å². The lowest BCUT2D eigenvalue weighted by atomic mass is 10.1. The lowest BCUT2D eigenvalue weighted by Crippen LogP contribution is -2.09. The number of carbonyl (C=O) groups is 1. The van der Waals surface area contributed by atoms with Gasteiger partial charge in [-0.3, -0.25) is 4.79 Å². The minimum Gasteiger partial charge on any atom is -0.322 e. The van der Waals surface area contributed by atoms with Gasteiger partial charge in [-0.25, -0.2) is 0 Å². The number of benzene rings is 2. The van der Waals surface area contributed by atoms with Crippen LogP contribution in [0.4, 0.5) is 5.69 Å². The second kappa shape index (κ2) is 6.20. The van der Waals surface area contributed by atoms with E-state index in [9.17, 15) is 4.79 Å². The molecular weight excluding hydrogens is 246 g/mol. The topological polar surface area (TPSA) is 29.1 Å². The molecular formula is C18H19NO. The van der Waals surface area contributed by atoms with E-state index < -0.39 is 0 Å². The molecule has 2 heteroatoms. The van der Waals surface area contributed by atoms with Gasteiger partial charge in [0.15, 0.2) is 0 Å². The molecule has 0 saturated heterocycles. The Labute approximate surface area is 120 Å². The van der Waals surface area contributed by atoms with Crippen LogP contribution >= 0.6 is 0 Å². The van der Waals surface area contributed by atoms with E-state index in [0.717, 1.165) is 16.8 Å². The van der Waals surface area contributed by atoms with E-state index in [1.54, 1.807) is 6.08 Å². The Morgan fingerprint density at radius 3 is 2.40 bits per heavy atom. The second-order valence-electron chi connectivity index (χ2n) is 4.98. The van der Waals surface area contributed by atoms with Gasteiger partial charge in [0.1, 0.15) is 0 Å². The average molecular weight is 265 g/mol. The molecule has 0 spiro atoms. The van der Waals surface area contributed by atoms with Gasteiger partial charge in [0.2, 0.25) is 5.91 Å². The molecule has 2 aromatic carbocycles. The minimum absolute atomic E-state index is 0.112. The summed E-state index contributed by atoms with van der Waals surface area (Å²) in [5, 5.41) is 2.91. The fourth-order valence-electron chi connectivity index (χ4n) is 1.91. The summed E-state index contributed by atoms with van der Waals surface area (Å²) in [7, 11) is 0. The van der Waals surface area contributed by atoms with Crippen LogP contribution in [0.2, 0.25) is 0 Å². The molecule has 0 aliphatic carbocycles. The van der Waals surface area contributed by atoms with Crippen molar-refractivity contribution in [1.29, 1.82) is 0 Å². The molecule has 0 aromatic heterocycles. The zero-order valence-corrected chi connectivity index (χ0v) is 12.1. The Kier molecular flexibility index (Phi) is 4.36. The summed E-state index contributed by atoms with van der Waals surface area (Å²) in [5.74, 6) is -0.112. The normalized spacial score (nSPS) is 10.8. The molecule has 1 amide bonds. The van der Waals surface area contributed by atoms with Gasteiger partial charge in [-0.1, -0.05) is 42.0 Å². The van der Waals surface area contributed by atoms with Crippen LogP contribution in [0.5, 0.6) is 0 Å². The largest absolute Gasteiger partial charge is 0.322 e. The molecule has 0 aliphatic rings. The Balaban J connectivity index is 2.05. The van der Waals surface area contributed by atoms with Crippen molar-refractivity contribution in [1.82, 2.24) is 0 Å². The van der Waals surface area contributed by atoms with E-state index in [1.807, 2.05) is 69.3 Å². The molecule has 102 valence electrons. The van der Waals surface area contributed by atoms with Crippen molar-refractivity contribution in [3.8, 4) is 0 Å². The molecule has 20 heavy (non-hydrogen) atoms. The Morgan fingerprint density at radius 2 is 1.70 bits per heavy atom. The lowest BCUT2D eigenvalue weighted by Gasteiger charge is -2.08. The van der Waals surface area contributed by atoms with Gasteiger partial charge in [-0.2, -0.15) is 0 Å². The summed E-state index contributed by atoms with van der Waals surface area (Å²) in [6.45, 7) is 6.09. The van der Waals surface area contributed by atoms with Gasteiger partial charge in [-0.15, -0.1) is 0 Å². The van der Waals surface area contributed by atoms with Crippen molar-refractivity contribution in [2.45, 2.75) is 20.8 Å². The highest BCUT2D eigenvalue weighted by Gasteiger charge is 2.02. The Morgan fingerprint density at radius 1 is 1.00 bits per heavy atom. The van der Waals surface area contributed by atoms with Crippen LogP contribution in [-0.2, 0) is 4.79 Å². The monoisotopic (exact) mass is 265 g/mol. The highest BCUT2D eigenvalue weighted by molar-refractivity contribution is 6.02. The minimum atomic E-state index is -0.112. The van der Waals surface area contributed by atoms with Crippen molar-refractivity contribution in [2.75, 3.05) is 5.32 Å². The molecule has 2 aromatic rings. The van der Waals surface area contributed by atoms with E-state index in [-0.39, 0.29) is 5.91 Å². The smallest absolute Gasteiger partial charge is 0.248 e. The molecule has 0 atom stereocenters. The Bertz CT molecular complexity index is 639. The van der Waals surface area contributed by atoms with Crippen LogP contribution in [0.15, 0.2) is 48.5 Å². The quantitative estimate of drug-likeness (QED) is 0.825. The summed E-state index contributed by atoms with van der Waals surface area (Å²) in [5.41, 5.74) is 5.37. The maximum absolute atomic E-state index is 11.9. The first kappa shape index (κ1) is 14.1. The predicted molar refractivity (Wildman–Crippen MR) is 84.8 cm³/mol. The van der Waals surface area contributed by atoms with Gasteiger partial charge in [0.25, 0.3) is 0 Å². The molecule has 2 nitrogen and oxygen atoms in total. The molecule has 0 aliphatic heterocycles. The fourth-order valence-corrected chi connectivity index (χ4v) is 1.91. The summed E-state index contributed by atoms with van der Waals surface area (Å²) in [6, 6.07) is 14.0. The molecule has 0 radical (unpaired) electrons. The summed E-state index contributed by atoms with van der Waals surface area (Å²) < 4.78 is 0. The third kappa shape index (κ3) is 3.58. The number of amides is 1. The van der Waals surface area contributed by atoms with Crippen LogP contribution in [0, 0.1) is 20.8 Å². The highest BCUT2D eigenvalue weighted by Crippen LogP contribution is 2.17. The SMILES string of the molecule is Cc1ccc(C=CC(=O)Nc2cccc(C)c2C)cc1. The van der Waals surface area contributed by atoms with Crippen LogP contribution in [-0.4, -0.2) is 5.91 Å². The van der Waals surface area contributed by atoms with Crippen molar-refractivity contribution < 1.29 is 4.79 Å². The van der Waals surface area contributed by atoms with Crippen molar-refractivity contribution in [2.24, 2.45) is 0 Å². The van der Waals surface area contributed by atoms with Crippen LogP contribution in [0.3, 0.4) is 0 Å². The molecule has 0 unspecified atom stereocenters. The first-order valence-corrected chi connectivity index (χ1v) is 6.68. The Hall–Kier alpha value is -2.35. The second-order valence-corrected chi connectivity index (χ2v) is 4.98.